The Hall–Kier alpha value is -3.09. The highest BCUT2D eigenvalue weighted by Gasteiger charge is 2.65. The molecule has 1 spiro atoms. The number of hydrogen-bond donors (Lipinski definition) is 5. The normalized spacial score (nSPS) is 30.3. The minimum atomic E-state index is -2.95. The van der Waals surface area contributed by atoms with Gasteiger partial charge in [0, 0.05) is 34.9 Å². The minimum Gasteiger partial charge on any atom is -0.432 e. The summed E-state index contributed by atoms with van der Waals surface area (Å²) in [7, 11) is -2.95. The van der Waals surface area contributed by atoms with Gasteiger partial charge in [0.1, 0.15) is 0 Å². The summed E-state index contributed by atoms with van der Waals surface area (Å²) >= 11 is 0. The molecule has 6 atom stereocenters. The molecular formula is C31H40N4O6Si. The zero-order valence-electron chi connectivity index (χ0n) is 24.4. The summed E-state index contributed by atoms with van der Waals surface area (Å²) in [6.45, 7) is 6.59. The third kappa shape index (κ3) is 4.86. The topological polar surface area (TPSA) is 140 Å². The largest absolute Gasteiger partial charge is 0.432 e. The quantitative estimate of drug-likeness (QED) is 0.325. The third-order valence-electron chi connectivity index (χ3n) is 9.65. The first-order valence-electron chi connectivity index (χ1n) is 14.9. The number of carbonyl (C=O) groups excluding carboxylic acids is 3. The van der Waals surface area contributed by atoms with Crippen LogP contribution in [0.1, 0.15) is 42.9 Å². The van der Waals surface area contributed by atoms with E-state index in [1.165, 1.54) is 0 Å². The lowest BCUT2D eigenvalue weighted by Crippen LogP contribution is -2.48. The van der Waals surface area contributed by atoms with E-state index in [0.717, 1.165) is 30.5 Å². The molecule has 5 N–H and O–H groups in total. The van der Waals surface area contributed by atoms with Crippen LogP contribution in [0.2, 0.25) is 18.6 Å². The van der Waals surface area contributed by atoms with E-state index in [1.54, 1.807) is 23.1 Å². The van der Waals surface area contributed by atoms with Gasteiger partial charge in [0.2, 0.25) is 11.8 Å². The summed E-state index contributed by atoms with van der Waals surface area (Å²) in [5, 5.41) is 19.3. The Balaban J connectivity index is 1.29. The van der Waals surface area contributed by atoms with Gasteiger partial charge in [-0.3, -0.25) is 14.4 Å². The Bertz CT molecular complexity index is 1410. The minimum absolute atomic E-state index is 0.0151. The number of anilines is 2. The number of nitrogens with zero attached hydrogens (tertiary/aromatic N) is 1. The Morgan fingerprint density at radius 2 is 1.95 bits per heavy atom. The van der Waals surface area contributed by atoms with Crippen LogP contribution >= 0.6 is 0 Å². The number of fused-ring (bicyclic) bond motifs is 3. The SMILES string of the molecule is C[C@@H]1[C@@H]([Si](C)(C)O)[C@H](CC(=O)N2Cc3ccccc3C[C@H]2CO)O[C@@]12C(=O)Nc1ccc(NC(=O)[C@H]3CCCN3)cc12. The van der Waals surface area contributed by atoms with E-state index in [-0.39, 0.29) is 42.8 Å². The Kier molecular flexibility index (Phi) is 7.51. The number of rotatable bonds is 6. The van der Waals surface area contributed by atoms with E-state index >= 15 is 0 Å². The van der Waals surface area contributed by atoms with E-state index < -0.39 is 31.5 Å². The van der Waals surface area contributed by atoms with E-state index in [4.69, 9.17) is 4.74 Å². The molecule has 0 aromatic heterocycles. The summed E-state index contributed by atoms with van der Waals surface area (Å²) in [5.74, 6) is -1.05. The molecule has 4 aliphatic rings. The average molecular weight is 593 g/mol. The zero-order valence-corrected chi connectivity index (χ0v) is 25.4. The van der Waals surface area contributed by atoms with Gasteiger partial charge in [-0.2, -0.15) is 0 Å². The van der Waals surface area contributed by atoms with Crippen molar-refractivity contribution in [3.63, 3.8) is 0 Å². The molecule has 6 rings (SSSR count). The number of aliphatic hydroxyl groups is 1. The molecule has 4 heterocycles. The molecule has 2 aromatic rings. The monoisotopic (exact) mass is 592 g/mol. The van der Waals surface area contributed by atoms with Gasteiger partial charge in [0.05, 0.1) is 31.2 Å². The fourth-order valence-corrected chi connectivity index (χ4v) is 10.2. The number of carbonyl (C=O) groups is 3. The van der Waals surface area contributed by atoms with Gasteiger partial charge in [-0.05, 0) is 68.2 Å². The van der Waals surface area contributed by atoms with Crippen molar-refractivity contribution >= 4 is 37.4 Å². The van der Waals surface area contributed by atoms with Crippen molar-refractivity contribution in [2.75, 3.05) is 23.8 Å². The van der Waals surface area contributed by atoms with Gasteiger partial charge >= 0.3 is 0 Å². The van der Waals surface area contributed by atoms with Crippen LogP contribution in [0, 0.1) is 5.92 Å². The van der Waals surface area contributed by atoms with Crippen molar-refractivity contribution < 1.29 is 29.0 Å². The van der Waals surface area contributed by atoms with Crippen LogP contribution in [0.4, 0.5) is 11.4 Å². The van der Waals surface area contributed by atoms with Crippen LogP contribution in [0.5, 0.6) is 0 Å². The fraction of sp³-hybridized carbons (Fsp3) is 0.516. The molecule has 224 valence electrons. The summed E-state index contributed by atoms with van der Waals surface area (Å²) in [6.07, 6.45) is 1.57. The summed E-state index contributed by atoms with van der Waals surface area (Å²) in [5.41, 5.74) is 2.12. The highest BCUT2D eigenvalue weighted by molar-refractivity contribution is 6.71. The first-order chi connectivity index (χ1) is 20.0. The third-order valence-corrected chi connectivity index (χ3v) is 12.1. The lowest BCUT2D eigenvalue weighted by Gasteiger charge is -2.37. The summed E-state index contributed by atoms with van der Waals surface area (Å²) in [6, 6.07) is 12.6. The predicted molar refractivity (Wildman–Crippen MR) is 160 cm³/mol. The molecule has 2 fully saturated rings. The molecular weight excluding hydrogens is 552 g/mol. The van der Waals surface area contributed by atoms with E-state index in [1.807, 2.05) is 44.3 Å². The van der Waals surface area contributed by atoms with Crippen LogP contribution < -0.4 is 16.0 Å². The molecule has 0 unspecified atom stereocenters. The molecule has 11 heteroatoms. The van der Waals surface area contributed by atoms with Gasteiger partial charge in [0.25, 0.3) is 5.91 Å². The maximum absolute atomic E-state index is 13.9. The van der Waals surface area contributed by atoms with Gasteiger partial charge in [-0.1, -0.05) is 31.2 Å². The lowest BCUT2D eigenvalue weighted by atomic mass is 9.82. The van der Waals surface area contributed by atoms with Crippen molar-refractivity contribution in [2.45, 2.75) is 81.6 Å². The van der Waals surface area contributed by atoms with Crippen LogP contribution in [0.25, 0.3) is 0 Å². The van der Waals surface area contributed by atoms with E-state index in [9.17, 15) is 24.3 Å². The Morgan fingerprint density at radius 1 is 1.19 bits per heavy atom. The maximum Gasteiger partial charge on any atom is 0.261 e. The van der Waals surface area contributed by atoms with Crippen molar-refractivity contribution in [3.8, 4) is 0 Å². The number of aliphatic hydroxyl groups excluding tert-OH is 1. The van der Waals surface area contributed by atoms with Gasteiger partial charge < -0.3 is 35.5 Å². The summed E-state index contributed by atoms with van der Waals surface area (Å²) in [4.78, 5) is 53.6. The number of amides is 3. The lowest BCUT2D eigenvalue weighted by molar-refractivity contribution is -0.149. The highest BCUT2D eigenvalue weighted by atomic mass is 28.4. The van der Waals surface area contributed by atoms with E-state index in [0.29, 0.717) is 29.9 Å². The smallest absolute Gasteiger partial charge is 0.261 e. The first kappa shape index (κ1) is 29.0. The van der Waals surface area contributed by atoms with Crippen LogP contribution in [0.15, 0.2) is 42.5 Å². The van der Waals surface area contributed by atoms with E-state index in [2.05, 4.69) is 16.0 Å². The van der Waals surface area contributed by atoms with Crippen LogP contribution in [-0.4, -0.2) is 72.2 Å². The van der Waals surface area contributed by atoms with Crippen molar-refractivity contribution in [2.24, 2.45) is 5.92 Å². The Morgan fingerprint density at radius 3 is 2.64 bits per heavy atom. The molecule has 10 nitrogen and oxygen atoms in total. The van der Waals surface area contributed by atoms with Gasteiger partial charge in [0.15, 0.2) is 13.9 Å². The van der Waals surface area contributed by atoms with Crippen LogP contribution in [0.3, 0.4) is 0 Å². The molecule has 0 aliphatic carbocycles. The second kappa shape index (κ2) is 10.9. The zero-order chi connectivity index (χ0) is 29.8. The van der Waals surface area contributed by atoms with Crippen LogP contribution in [-0.2, 0) is 37.7 Å². The van der Waals surface area contributed by atoms with Crippen molar-refractivity contribution in [1.82, 2.24) is 10.2 Å². The van der Waals surface area contributed by atoms with Crippen molar-refractivity contribution in [1.29, 1.82) is 0 Å². The molecule has 42 heavy (non-hydrogen) atoms. The predicted octanol–water partition coefficient (Wildman–Crippen LogP) is 2.46. The molecule has 3 amide bonds. The first-order valence-corrected chi connectivity index (χ1v) is 17.9. The van der Waals surface area contributed by atoms with Gasteiger partial charge in [-0.15, -0.1) is 0 Å². The fourth-order valence-electron chi connectivity index (χ4n) is 7.64. The second-order valence-electron chi connectivity index (χ2n) is 12.7. The molecule has 4 aliphatic heterocycles. The summed E-state index contributed by atoms with van der Waals surface area (Å²) < 4.78 is 6.69. The van der Waals surface area contributed by atoms with Gasteiger partial charge in [-0.25, -0.2) is 0 Å². The molecule has 0 saturated carbocycles. The molecule has 2 saturated heterocycles. The number of ether oxygens (including phenoxy) is 1. The molecule has 0 radical (unpaired) electrons. The maximum atomic E-state index is 13.9. The molecule has 0 bridgehead atoms. The molecule has 2 aromatic carbocycles. The Labute approximate surface area is 246 Å². The number of nitrogens with one attached hydrogen (secondary N) is 3. The number of benzene rings is 2. The average Bonchev–Trinajstić information content (AvgIpc) is 3.66. The second-order valence-corrected chi connectivity index (χ2v) is 16.7. The highest BCUT2D eigenvalue weighted by Crippen LogP contribution is 2.58. The number of hydrogen-bond acceptors (Lipinski definition) is 7. The van der Waals surface area contributed by atoms with Crippen molar-refractivity contribution in [3.05, 3.63) is 59.2 Å². The standard InChI is InChI=1S/C31H40N4O6Si/c1-18-28(42(2,3)40)26(15-27(37)35-16-20-8-5-4-7-19(20)13-22(35)17-36)41-31(18)23-14-21(10-11-24(23)34-30(31)39)33-29(38)25-9-6-12-32-25/h4-5,7-8,10-11,14,18,22,25-26,28,32,36,40H,6,9,12-13,15-17H2,1-3H3,(H,33,38)(H,34,39)/t18-,22+,25-,26+,28-,31+/m1/s1.